The number of aliphatic hydroxyl groups excluding tert-OH is 1. The summed E-state index contributed by atoms with van der Waals surface area (Å²) in [6.45, 7) is 13.7. The van der Waals surface area contributed by atoms with Crippen molar-refractivity contribution in [2.24, 2.45) is 17.8 Å². The molecule has 3 aliphatic rings. The topological polar surface area (TPSA) is 90.4 Å². The zero-order valence-corrected chi connectivity index (χ0v) is 26.6. The number of hydrogen-bond donors (Lipinski definition) is 1. The molecule has 2 aromatic rings. The number of benzene rings is 2. The average Bonchev–Trinajstić information content (AvgIpc) is 3.55. The van der Waals surface area contributed by atoms with E-state index in [-0.39, 0.29) is 30.2 Å². The van der Waals surface area contributed by atoms with Gasteiger partial charge in [-0.15, -0.1) is 13.2 Å². The van der Waals surface area contributed by atoms with Crippen LogP contribution >= 0.6 is 0 Å². The van der Waals surface area contributed by atoms with Gasteiger partial charge in [-0.1, -0.05) is 79.7 Å². The van der Waals surface area contributed by atoms with E-state index < -0.39 is 29.1 Å². The fraction of sp³-hybridized carbons (Fsp3) is 0.486. The van der Waals surface area contributed by atoms with Gasteiger partial charge in [-0.2, -0.15) is 0 Å². The van der Waals surface area contributed by atoms with Gasteiger partial charge in [0.25, 0.3) is 0 Å². The van der Waals surface area contributed by atoms with Gasteiger partial charge in [0.1, 0.15) is 11.6 Å². The summed E-state index contributed by atoms with van der Waals surface area (Å²) in [5, 5.41) is 9.37. The molecule has 3 saturated heterocycles. The van der Waals surface area contributed by atoms with Crippen LogP contribution in [0.4, 0.5) is 0 Å². The molecule has 0 aromatic heterocycles. The SMILES string of the molecule is C=CCN(Cc1ccccc1)C(=O)C1N(CCCCCO)C(=O)[C@@H]2[C@H](C(=O)N(CC=C)Cc3ccccc3)[C@@]3(C)OC12CC3C. The second-order valence-electron chi connectivity index (χ2n) is 13.0. The van der Waals surface area contributed by atoms with E-state index in [0.29, 0.717) is 52.0 Å². The largest absolute Gasteiger partial charge is 0.396 e. The van der Waals surface area contributed by atoms with Crippen molar-refractivity contribution < 1.29 is 24.2 Å². The maximum absolute atomic E-state index is 14.7. The third-order valence-electron chi connectivity index (χ3n) is 10.1. The summed E-state index contributed by atoms with van der Waals surface area (Å²) in [6.07, 6.45) is 5.92. The first-order valence-electron chi connectivity index (χ1n) is 16.2. The number of fused-ring (bicyclic) bond motifs is 1. The minimum Gasteiger partial charge on any atom is -0.396 e. The van der Waals surface area contributed by atoms with Crippen LogP contribution in [0.5, 0.6) is 0 Å². The number of carbonyl (C=O) groups excluding carboxylic acids is 3. The minimum atomic E-state index is -1.12. The van der Waals surface area contributed by atoms with Crippen LogP contribution < -0.4 is 0 Å². The molecule has 1 N–H and O–H groups in total. The number of amides is 3. The number of aliphatic hydroxyl groups is 1. The molecule has 6 atom stereocenters. The average molecular weight is 614 g/mol. The monoisotopic (exact) mass is 613 g/mol. The standard InChI is InChI=1S/C37H47N3O5/c1-5-20-38(25-28-16-10-7-11-17-28)33(42)30-31-34(43)40(22-14-9-15-23-41)32(37(31)24-27(3)36(30,4)45-37)35(44)39(21-6-2)26-29-18-12-8-13-19-29/h5-8,10-13,16-19,27,30-32,41H,1-2,9,14-15,20-26H2,3-4H3/t27?,30-,31+,32?,36+,37?/m1/s1. The van der Waals surface area contributed by atoms with Gasteiger partial charge in [0.05, 0.1) is 17.4 Å². The molecule has 1 spiro atoms. The van der Waals surface area contributed by atoms with Crippen LogP contribution in [0.25, 0.3) is 0 Å². The Balaban J connectivity index is 1.54. The Morgan fingerprint density at radius 3 is 2.02 bits per heavy atom. The Kier molecular flexibility index (Phi) is 9.94. The molecule has 45 heavy (non-hydrogen) atoms. The molecule has 240 valence electrons. The van der Waals surface area contributed by atoms with E-state index in [2.05, 4.69) is 20.1 Å². The zero-order chi connectivity index (χ0) is 32.2. The quantitative estimate of drug-likeness (QED) is 0.235. The highest BCUT2D eigenvalue weighted by molar-refractivity contribution is 5.99. The van der Waals surface area contributed by atoms with Crippen molar-refractivity contribution in [3.05, 3.63) is 97.1 Å². The minimum absolute atomic E-state index is 0.0515. The maximum Gasteiger partial charge on any atom is 0.248 e. The van der Waals surface area contributed by atoms with Gasteiger partial charge in [0.15, 0.2) is 0 Å². The number of nitrogens with zero attached hydrogens (tertiary/aromatic N) is 3. The van der Waals surface area contributed by atoms with Gasteiger partial charge in [0, 0.05) is 39.3 Å². The predicted octanol–water partition coefficient (Wildman–Crippen LogP) is 4.59. The Morgan fingerprint density at radius 2 is 1.49 bits per heavy atom. The van der Waals surface area contributed by atoms with Gasteiger partial charge in [-0.05, 0) is 49.7 Å². The van der Waals surface area contributed by atoms with Crippen LogP contribution in [0.1, 0.15) is 50.7 Å². The third-order valence-corrected chi connectivity index (χ3v) is 10.1. The van der Waals surface area contributed by atoms with Crippen molar-refractivity contribution in [2.75, 3.05) is 26.2 Å². The first-order chi connectivity index (χ1) is 21.7. The van der Waals surface area contributed by atoms with E-state index in [9.17, 15) is 19.5 Å². The summed E-state index contributed by atoms with van der Waals surface area (Å²) in [4.78, 5) is 49.2. The first-order valence-corrected chi connectivity index (χ1v) is 16.2. The van der Waals surface area contributed by atoms with Crippen molar-refractivity contribution in [3.8, 4) is 0 Å². The van der Waals surface area contributed by atoms with Crippen LogP contribution in [0.3, 0.4) is 0 Å². The van der Waals surface area contributed by atoms with E-state index in [1.807, 2.05) is 67.6 Å². The lowest BCUT2D eigenvalue weighted by atomic mass is 9.62. The van der Waals surface area contributed by atoms with Gasteiger partial charge in [-0.25, -0.2) is 0 Å². The molecular weight excluding hydrogens is 566 g/mol. The molecule has 8 heteroatoms. The molecule has 8 nitrogen and oxygen atoms in total. The van der Waals surface area contributed by atoms with E-state index in [1.54, 1.807) is 26.9 Å². The molecule has 2 bridgehead atoms. The Labute approximate surface area is 267 Å². The normalized spacial score (nSPS) is 28.2. The highest BCUT2D eigenvalue weighted by atomic mass is 16.5. The molecule has 2 aromatic carbocycles. The van der Waals surface area contributed by atoms with Crippen molar-refractivity contribution in [2.45, 2.75) is 69.9 Å². The highest BCUT2D eigenvalue weighted by Crippen LogP contribution is 2.65. The first kappa shape index (κ1) is 32.6. The summed E-state index contributed by atoms with van der Waals surface area (Å²) >= 11 is 0. The lowest BCUT2D eigenvalue weighted by Crippen LogP contribution is -2.56. The maximum atomic E-state index is 14.7. The lowest BCUT2D eigenvalue weighted by molar-refractivity contribution is -0.155. The summed E-state index contributed by atoms with van der Waals surface area (Å²) in [7, 11) is 0. The molecule has 0 saturated carbocycles. The van der Waals surface area contributed by atoms with Crippen molar-refractivity contribution in [3.63, 3.8) is 0 Å². The second-order valence-corrected chi connectivity index (χ2v) is 13.0. The lowest BCUT2D eigenvalue weighted by Gasteiger charge is -2.39. The Morgan fingerprint density at radius 1 is 0.933 bits per heavy atom. The molecular formula is C37H47N3O5. The van der Waals surface area contributed by atoms with E-state index >= 15 is 0 Å². The van der Waals surface area contributed by atoms with Gasteiger partial charge in [0.2, 0.25) is 17.7 Å². The van der Waals surface area contributed by atoms with Crippen molar-refractivity contribution in [1.82, 2.24) is 14.7 Å². The van der Waals surface area contributed by atoms with Gasteiger partial charge >= 0.3 is 0 Å². The van der Waals surface area contributed by atoms with Crippen LogP contribution in [0, 0.1) is 17.8 Å². The number of rotatable bonds is 15. The van der Waals surface area contributed by atoms with Crippen LogP contribution in [-0.2, 0) is 32.2 Å². The van der Waals surface area contributed by atoms with E-state index in [1.165, 1.54) is 0 Å². The molecule has 3 amide bonds. The number of unbranched alkanes of at least 4 members (excludes halogenated alkanes) is 2. The van der Waals surface area contributed by atoms with E-state index in [4.69, 9.17) is 4.74 Å². The van der Waals surface area contributed by atoms with E-state index in [0.717, 1.165) is 17.5 Å². The second kappa shape index (κ2) is 13.7. The summed E-state index contributed by atoms with van der Waals surface area (Å²) in [6, 6.07) is 18.7. The number of carbonyl (C=O) groups is 3. The van der Waals surface area contributed by atoms with Crippen LogP contribution in [0.2, 0.25) is 0 Å². The number of likely N-dealkylation sites (tertiary alicyclic amines) is 1. The van der Waals surface area contributed by atoms with Gasteiger partial charge < -0.3 is 24.5 Å². The summed E-state index contributed by atoms with van der Waals surface area (Å²) in [5.74, 6) is -2.09. The summed E-state index contributed by atoms with van der Waals surface area (Å²) < 4.78 is 6.99. The fourth-order valence-corrected chi connectivity index (χ4v) is 7.96. The molecule has 5 rings (SSSR count). The van der Waals surface area contributed by atoms with Crippen LogP contribution in [-0.4, -0.2) is 81.0 Å². The number of ether oxygens (including phenoxy) is 1. The molecule has 3 heterocycles. The van der Waals surface area contributed by atoms with Crippen LogP contribution in [0.15, 0.2) is 86.0 Å². The smallest absolute Gasteiger partial charge is 0.248 e. The van der Waals surface area contributed by atoms with Gasteiger partial charge in [-0.3, -0.25) is 14.4 Å². The molecule has 3 aliphatic heterocycles. The highest BCUT2D eigenvalue weighted by Gasteiger charge is 2.80. The molecule has 3 fully saturated rings. The molecule has 0 radical (unpaired) electrons. The Hall–Kier alpha value is -3.75. The number of hydrogen-bond acceptors (Lipinski definition) is 5. The third kappa shape index (κ3) is 5.98. The zero-order valence-electron chi connectivity index (χ0n) is 26.6. The summed E-state index contributed by atoms with van der Waals surface area (Å²) in [5.41, 5.74) is -0.0615. The molecule has 3 unspecified atom stereocenters. The Bertz CT molecular complexity index is 1380. The fourth-order valence-electron chi connectivity index (χ4n) is 7.96. The molecule has 0 aliphatic carbocycles. The predicted molar refractivity (Wildman–Crippen MR) is 174 cm³/mol. The van der Waals surface area contributed by atoms with Crippen molar-refractivity contribution in [1.29, 1.82) is 0 Å². The van der Waals surface area contributed by atoms with Crippen molar-refractivity contribution >= 4 is 17.7 Å².